The van der Waals surface area contributed by atoms with Crippen LogP contribution >= 0.6 is 0 Å². The Morgan fingerprint density at radius 3 is 2.10 bits per heavy atom. The van der Waals surface area contributed by atoms with E-state index in [4.69, 9.17) is 0 Å². The fourth-order valence-corrected chi connectivity index (χ4v) is 5.29. The first-order chi connectivity index (χ1) is 9.77. The number of sulfone groups is 1. The summed E-state index contributed by atoms with van der Waals surface area (Å²) in [6.45, 7) is 1.93. The van der Waals surface area contributed by atoms with Gasteiger partial charge in [-0.3, -0.25) is 0 Å². The molecule has 2 rings (SSSR count). The molecule has 1 saturated heterocycles. The zero-order chi connectivity index (χ0) is 15.7. The highest BCUT2D eigenvalue weighted by Gasteiger charge is 2.33. The maximum atomic E-state index is 12.9. The van der Waals surface area contributed by atoms with E-state index in [0.717, 1.165) is 12.1 Å². The van der Waals surface area contributed by atoms with E-state index in [1.807, 2.05) is 0 Å². The van der Waals surface area contributed by atoms with Gasteiger partial charge in [0.25, 0.3) is 0 Å². The molecule has 0 atom stereocenters. The van der Waals surface area contributed by atoms with Crippen LogP contribution in [0.4, 0.5) is 4.39 Å². The predicted octanol–water partition coefficient (Wildman–Crippen LogP) is 1.41. The van der Waals surface area contributed by atoms with Crippen molar-refractivity contribution in [2.75, 3.05) is 18.8 Å². The van der Waals surface area contributed by atoms with Gasteiger partial charge in [0.15, 0.2) is 9.84 Å². The number of nitrogens with zero attached hydrogens (tertiary/aromatic N) is 1. The standard InChI is InChI=1S/C13H18FNO4S2/c1-2-20(16,17)12-7-9-15(10-8-12)21(18,19)13-5-3-11(14)4-6-13/h3-6,12H,2,7-10H2,1H3. The Hall–Kier alpha value is -0.990. The molecule has 118 valence electrons. The molecule has 21 heavy (non-hydrogen) atoms. The lowest BCUT2D eigenvalue weighted by atomic mass is 10.2. The van der Waals surface area contributed by atoms with Crippen LogP contribution in [-0.2, 0) is 19.9 Å². The van der Waals surface area contributed by atoms with E-state index in [9.17, 15) is 21.2 Å². The summed E-state index contributed by atoms with van der Waals surface area (Å²) in [7, 11) is -6.81. The van der Waals surface area contributed by atoms with Gasteiger partial charge in [-0.25, -0.2) is 21.2 Å². The van der Waals surface area contributed by atoms with E-state index < -0.39 is 30.9 Å². The normalized spacial score (nSPS) is 18.8. The van der Waals surface area contributed by atoms with Crippen molar-refractivity contribution in [3.05, 3.63) is 30.1 Å². The first-order valence-electron chi connectivity index (χ1n) is 6.74. The van der Waals surface area contributed by atoms with E-state index in [1.165, 1.54) is 16.4 Å². The zero-order valence-corrected chi connectivity index (χ0v) is 13.3. The number of rotatable bonds is 4. The highest BCUT2D eigenvalue weighted by molar-refractivity contribution is 7.92. The first kappa shape index (κ1) is 16.4. The van der Waals surface area contributed by atoms with Crippen LogP contribution in [0.25, 0.3) is 0 Å². The Morgan fingerprint density at radius 2 is 1.62 bits per heavy atom. The van der Waals surface area contributed by atoms with E-state index in [2.05, 4.69) is 0 Å². The van der Waals surface area contributed by atoms with Gasteiger partial charge in [-0.05, 0) is 37.1 Å². The summed E-state index contributed by atoms with van der Waals surface area (Å²) in [6.07, 6.45) is 0.604. The summed E-state index contributed by atoms with van der Waals surface area (Å²) in [6, 6.07) is 4.64. The van der Waals surface area contributed by atoms with E-state index in [0.29, 0.717) is 12.8 Å². The molecule has 1 heterocycles. The second-order valence-electron chi connectivity index (χ2n) is 5.01. The van der Waals surface area contributed by atoms with E-state index in [1.54, 1.807) is 6.92 Å². The molecule has 1 aromatic rings. The van der Waals surface area contributed by atoms with Gasteiger partial charge in [0, 0.05) is 18.8 Å². The van der Waals surface area contributed by atoms with Crippen molar-refractivity contribution in [1.82, 2.24) is 4.31 Å². The zero-order valence-electron chi connectivity index (χ0n) is 11.7. The summed E-state index contributed by atoms with van der Waals surface area (Å²) >= 11 is 0. The third kappa shape index (κ3) is 3.44. The second kappa shape index (κ2) is 6.02. The molecule has 0 aliphatic carbocycles. The quantitative estimate of drug-likeness (QED) is 0.834. The molecule has 0 radical (unpaired) electrons. The van der Waals surface area contributed by atoms with Crippen molar-refractivity contribution in [3.8, 4) is 0 Å². The molecule has 0 aromatic heterocycles. The SMILES string of the molecule is CCS(=O)(=O)C1CCN(S(=O)(=O)c2ccc(F)cc2)CC1. The molecule has 0 amide bonds. The van der Waals surface area contributed by atoms with Crippen LogP contribution in [0.1, 0.15) is 19.8 Å². The van der Waals surface area contributed by atoms with Crippen molar-refractivity contribution >= 4 is 19.9 Å². The van der Waals surface area contributed by atoms with Crippen molar-refractivity contribution in [2.24, 2.45) is 0 Å². The molecule has 0 N–H and O–H groups in total. The number of sulfonamides is 1. The molecule has 1 fully saturated rings. The van der Waals surface area contributed by atoms with Crippen molar-refractivity contribution < 1.29 is 21.2 Å². The van der Waals surface area contributed by atoms with E-state index >= 15 is 0 Å². The van der Waals surface area contributed by atoms with Gasteiger partial charge in [0.2, 0.25) is 10.0 Å². The largest absolute Gasteiger partial charge is 0.243 e. The molecule has 1 aromatic carbocycles. The fraction of sp³-hybridized carbons (Fsp3) is 0.538. The van der Waals surface area contributed by atoms with Crippen LogP contribution in [0.15, 0.2) is 29.2 Å². The summed E-state index contributed by atoms with van der Waals surface area (Å²) in [4.78, 5) is 0.0284. The van der Waals surface area contributed by atoms with Crippen LogP contribution in [0.5, 0.6) is 0 Å². The smallest absolute Gasteiger partial charge is 0.229 e. The molecule has 0 bridgehead atoms. The number of hydrogen-bond donors (Lipinski definition) is 0. The summed E-state index contributed by atoms with van der Waals surface area (Å²) < 4.78 is 62.5. The maximum Gasteiger partial charge on any atom is 0.243 e. The Balaban J connectivity index is 2.13. The van der Waals surface area contributed by atoms with Crippen LogP contribution in [0, 0.1) is 5.82 Å². The van der Waals surface area contributed by atoms with Crippen LogP contribution in [-0.4, -0.2) is 45.2 Å². The van der Waals surface area contributed by atoms with Crippen molar-refractivity contribution in [1.29, 1.82) is 0 Å². The van der Waals surface area contributed by atoms with Gasteiger partial charge < -0.3 is 0 Å². The predicted molar refractivity (Wildman–Crippen MR) is 77.6 cm³/mol. The number of piperidine rings is 1. The highest BCUT2D eigenvalue weighted by atomic mass is 32.2. The van der Waals surface area contributed by atoms with Crippen LogP contribution in [0.3, 0.4) is 0 Å². The van der Waals surface area contributed by atoms with Crippen molar-refractivity contribution in [3.63, 3.8) is 0 Å². The Morgan fingerprint density at radius 1 is 1.10 bits per heavy atom. The number of hydrogen-bond acceptors (Lipinski definition) is 4. The first-order valence-corrected chi connectivity index (χ1v) is 9.90. The average Bonchev–Trinajstić information content (AvgIpc) is 2.48. The van der Waals surface area contributed by atoms with Gasteiger partial charge in [0.05, 0.1) is 10.1 Å². The minimum atomic E-state index is -3.68. The van der Waals surface area contributed by atoms with Gasteiger partial charge >= 0.3 is 0 Å². The lowest BCUT2D eigenvalue weighted by Crippen LogP contribution is -2.42. The third-order valence-electron chi connectivity index (χ3n) is 3.76. The lowest BCUT2D eigenvalue weighted by Gasteiger charge is -2.30. The second-order valence-corrected chi connectivity index (χ2v) is 9.52. The monoisotopic (exact) mass is 335 g/mol. The third-order valence-corrected chi connectivity index (χ3v) is 7.97. The van der Waals surface area contributed by atoms with Gasteiger partial charge in [-0.1, -0.05) is 6.92 Å². The molecule has 5 nitrogen and oxygen atoms in total. The van der Waals surface area contributed by atoms with Crippen LogP contribution in [0.2, 0.25) is 0 Å². The van der Waals surface area contributed by atoms with Crippen LogP contribution < -0.4 is 0 Å². The lowest BCUT2D eigenvalue weighted by molar-refractivity contribution is 0.345. The summed E-state index contributed by atoms with van der Waals surface area (Å²) in [5.41, 5.74) is 0. The van der Waals surface area contributed by atoms with Gasteiger partial charge in [-0.2, -0.15) is 4.31 Å². The molecule has 8 heteroatoms. The highest BCUT2D eigenvalue weighted by Crippen LogP contribution is 2.24. The minimum absolute atomic E-state index is 0.0284. The summed E-state index contributed by atoms with van der Waals surface area (Å²) in [5.74, 6) is -0.427. The molecular weight excluding hydrogens is 317 g/mol. The van der Waals surface area contributed by atoms with Crippen molar-refractivity contribution in [2.45, 2.75) is 29.9 Å². The minimum Gasteiger partial charge on any atom is -0.229 e. The molecule has 0 unspecified atom stereocenters. The molecular formula is C13H18FNO4S2. The molecule has 1 aliphatic rings. The van der Waals surface area contributed by atoms with Gasteiger partial charge in [-0.15, -0.1) is 0 Å². The molecule has 0 spiro atoms. The topological polar surface area (TPSA) is 71.5 Å². The average molecular weight is 335 g/mol. The Kier molecular flexibility index (Phi) is 4.69. The Bertz CT molecular complexity index is 690. The fourth-order valence-electron chi connectivity index (χ4n) is 2.42. The number of benzene rings is 1. The number of halogens is 1. The van der Waals surface area contributed by atoms with Gasteiger partial charge in [0.1, 0.15) is 5.82 Å². The maximum absolute atomic E-state index is 12.9. The molecule has 1 aliphatic heterocycles. The molecule has 0 saturated carbocycles. The van der Waals surface area contributed by atoms with E-state index in [-0.39, 0.29) is 23.7 Å². The Labute approximate surface area is 124 Å². The summed E-state index contributed by atoms with van der Waals surface area (Å²) in [5, 5.41) is -0.470.